The van der Waals surface area contributed by atoms with Crippen molar-refractivity contribution >= 4 is 44.9 Å². The first-order valence-corrected chi connectivity index (χ1v) is 11.1. The number of carbonyl (C=O) groups is 1. The Hall–Kier alpha value is -2.12. The third-order valence-electron chi connectivity index (χ3n) is 5.20. The van der Waals surface area contributed by atoms with Gasteiger partial charge in [0.25, 0.3) is 5.56 Å². The van der Waals surface area contributed by atoms with Crippen molar-refractivity contribution in [1.82, 2.24) is 9.55 Å². The molecular formula is C21H23N3O2S2. The molecule has 0 saturated carbocycles. The molecule has 7 heteroatoms. The van der Waals surface area contributed by atoms with Crippen LogP contribution in [-0.2, 0) is 24.7 Å². The van der Waals surface area contributed by atoms with Crippen LogP contribution in [0.4, 0.5) is 5.69 Å². The van der Waals surface area contributed by atoms with Gasteiger partial charge in [-0.15, -0.1) is 11.3 Å². The number of amides is 1. The van der Waals surface area contributed by atoms with Crippen LogP contribution in [0.2, 0.25) is 0 Å². The second-order valence-corrected chi connectivity index (χ2v) is 9.76. The number of rotatable bonds is 4. The Morgan fingerprint density at radius 3 is 2.86 bits per heavy atom. The van der Waals surface area contributed by atoms with Crippen LogP contribution >= 0.6 is 23.1 Å². The minimum absolute atomic E-state index is 0.00566. The number of benzene rings is 1. The third kappa shape index (κ3) is 3.37. The van der Waals surface area contributed by atoms with Crippen LogP contribution in [0.3, 0.4) is 0 Å². The summed E-state index contributed by atoms with van der Waals surface area (Å²) < 4.78 is 1.58. The van der Waals surface area contributed by atoms with E-state index in [4.69, 9.17) is 4.98 Å². The molecule has 1 N–H and O–H groups in total. The summed E-state index contributed by atoms with van der Waals surface area (Å²) in [5.41, 5.74) is 4.19. The quantitative estimate of drug-likeness (QED) is 0.514. The monoisotopic (exact) mass is 413 g/mol. The van der Waals surface area contributed by atoms with Crippen molar-refractivity contribution in [2.24, 2.45) is 7.05 Å². The van der Waals surface area contributed by atoms with Gasteiger partial charge >= 0.3 is 0 Å². The highest BCUT2D eigenvalue weighted by Gasteiger charge is 2.24. The standard InChI is InChI=1S/C21H23N3O2S2/c1-11-8-9-15(12(2)10-11)22-18(25)13(3)27-21-23-19-17(20(26)24(21)4)14-6-5-7-16(14)28-19/h8-10,13H,5-7H2,1-4H3,(H,22,25)/t13-/m0/s1. The number of hydrogen-bond acceptors (Lipinski definition) is 5. The summed E-state index contributed by atoms with van der Waals surface area (Å²) in [7, 11) is 1.74. The number of fused-ring (bicyclic) bond motifs is 3. The van der Waals surface area contributed by atoms with Crippen molar-refractivity contribution in [3.05, 3.63) is 50.1 Å². The number of aromatic nitrogens is 2. The molecule has 0 radical (unpaired) electrons. The number of aryl methyl sites for hydroxylation is 4. The van der Waals surface area contributed by atoms with E-state index in [0.717, 1.165) is 46.3 Å². The highest BCUT2D eigenvalue weighted by Crippen LogP contribution is 2.35. The highest BCUT2D eigenvalue weighted by molar-refractivity contribution is 8.00. The van der Waals surface area contributed by atoms with Crippen LogP contribution in [0, 0.1) is 13.8 Å². The molecule has 0 saturated heterocycles. The van der Waals surface area contributed by atoms with E-state index < -0.39 is 0 Å². The normalized spacial score (nSPS) is 14.3. The smallest absolute Gasteiger partial charge is 0.262 e. The summed E-state index contributed by atoms with van der Waals surface area (Å²) in [6.45, 7) is 5.85. The molecule has 5 nitrogen and oxygen atoms in total. The zero-order chi connectivity index (χ0) is 20.0. The van der Waals surface area contributed by atoms with Gasteiger partial charge in [0.05, 0.1) is 10.6 Å². The Balaban J connectivity index is 1.58. The van der Waals surface area contributed by atoms with Crippen LogP contribution < -0.4 is 10.9 Å². The van der Waals surface area contributed by atoms with Gasteiger partial charge in [0.1, 0.15) is 4.83 Å². The Bertz CT molecular complexity index is 1150. The Morgan fingerprint density at radius 1 is 1.32 bits per heavy atom. The molecule has 0 spiro atoms. The average molecular weight is 414 g/mol. The van der Waals surface area contributed by atoms with E-state index in [1.165, 1.54) is 22.2 Å². The minimum Gasteiger partial charge on any atom is -0.325 e. The van der Waals surface area contributed by atoms with Crippen LogP contribution in [0.25, 0.3) is 10.2 Å². The SMILES string of the molecule is Cc1ccc(NC(=O)[C@H](C)Sc2nc3sc4c(c3c(=O)n2C)CCC4)c(C)c1. The molecular weight excluding hydrogens is 390 g/mol. The summed E-state index contributed by atoms with van der Waals surface area (Å²) >= 11 is 2.95. The van der Waals surface area contributed by atoms with Gasteiger partial charge in [-0.05, 0) is 57.2 Å². The van der Waals surface area contributed by atoms with Crippen LogP contribution in [0.15, 0.2) is 28.2 Å². The molecule has 146 valence electrons. The second-order valence-electron chi connectivity index (χ2n) is 7.36. The Kier molecular flexibility index (Phi) is 5.05. The first kappa shape index (κ1) is 19.2. The molecule has 0 bridgehead atoms. The molecule has 1 aliphatic carbocycles. The Labute approximate surface area is 172 Å². The lowest BCUT2D eigenvalue weighted by Crippen LogP contribution is -2.25. The maximum Gasteiger partial charge on any atom is 0.262 e. The largest absolute Gasteiger partial charge is 0.325 e. The van der Waals surface area contributed by atoms with Crippen molar-refractivity contribution in [2.75, 3.05) is 5.32 Å². The zero-order valence-corrected chi connectivity index (χ0v) is 18.1. The molecule has 1 amide bonds. The van der Waals surface area contributed by atoms with Gasteiger partial charge in [0.15, 0.2) is 5.16 Å². The molecule has 2 heterocycles. The first-order valence-electron chi connectivity index (χ1n) is 9.41. The fourth-order valence-electron chi connectivity index (χ4n) is 3.61. The third-order valence-corrected chi connectivity index (χ3v) is 7.53. The summed E-state index contributed by atoms with van der Waals surface area (Å²) in [6, 6.07) is 5.95. The number of hydrogen-bond donors (Lipinski definition) is 1. The van der Waals surface area contributed by atoms with E-state index in [2.05, 4.69) is 5.32 Å². The number of carbonyl (C=O) groups excluding carboxylic acids is 1. The molecule has 2 aromatic heterocycles. The van der Waals surface area contributed by atoms with E-state index in [9.17, 15) is 9.59 Å². The molecule has 0 unspecified atom stereocenters. The van der Waals surface area contributed by atoms with E-state index >= 15 is 0 Å². The molecule has 1 aliphatic rings. The fourth-order valence-corrected chi connectivity index (χ4v) is 5.79. The fraction of sp³-hybridized carbons (Fsp3) is 0.381. The molecule has 28 heavy (non-hydrogen) atoms. The topological polar surface area (TPSA) is 64.0 Å². The van der Waals surface area contributed by atoms with Crippen LogP contribution in [-0.4, -0.2) is 20.7 Å². The van der Waals surface area contributed by atoms with E-state index in [1.807, 2.05) is 39.0 Å². The van der Waals surface area contributed by atoms with Gasteiger partial charge in [0, 0.05) is 17.6 Å². The summed E-state index contributed by atoms with van der Waals surface area (Å²) in [6.07, 6.45) is 3.12. The van der Waals surface area contributed by atoms with Gasteiger partial charge in [-0.3, -0.25) is 14.2 Å². The minimum atomic E-state index is -0.372. The lowest BCUT2D eigenvalue weighted by molar-refractivity contribution is -0.115. The van der Waals surface area contributed by atoms with Gasteiger partial charge in [-0.1, -0.05) is 29.5 Å². The molecule has 4 rings (SSSR count). The lowest BCUT2D eigenvalue weighted by atomic mass is 10.1. The summed E-state index contributed by atoms with van der Waals surface area (Å²) in [5, 5.41) is 3.97. The maximum atomic E-state index is 12.9. The number of nitrogens with zero attached hydrogens (tertiary/aromatic N) is 2. The molecule has 0 aliphatic heterocycles. The van der Waals surface area contributed by atoms with Gasteiger partial charge in [-0.2, -0.15) is 0 Å². The summed E-state index contributed by atoms with van der Waals surface area (Å²) in [4.78, 5) is 32.4. The number of thiophene rings is 1. The van der Waals surface area contributed by atoms with Gasteiger partial charge < -0.3 is 5.32 Å². The average Bonchev–Trinajstić information content (AvgIpc) is 3.22. The summed E-state index contributed by atoms with van der Waals surface area (Å²) in [5.74, 6) is -0.0972. The van der Waals surface area contributed by atoms with Crippen molar-refractivity contribution < 1.29 is 4.79 Å². The predicted octanol–water partition coefficient (Wildman–Crippen LogP) is 4.22. The maximum absolute atomic E-state index is 12.9. The van der Waals surface area contributed by atoms with Crippen molar-refractivity contribution in [2.45, 2.75) is 50.4 Å². The van der Waals surface area contributed by atoms with Crippen molar-refractivity contribution in [1.29, 1.82) is 0 Å². The van der Waals surface area contributed by atoms with Crippen LogP contribution in [0.5, 0.6) is 0 Å². The van der Waals surface area contributed by atoms with E-state index in [-0.39, 0.29) is 16.7 Å². The molecule has 0 fully saturated rings. The van der Waals surface area contributed by atoms with Gasteiger partial charge in [-0.25, -0.2) is 4.98 Å². The van der Waals surface area contributed by atoms with E-state index in [0.29, 0.717) is 5.16 Å². The first-order chi connectivity index (χ1) is 13.3. The predicted molar refractivity (Wildman–Crippen MR) is 117 cm³/mol. The van der Waals surface area contributed by atoms with Gasteiger partial charge in [0.2, 0.25) is 5.91 Å². The number of nitrogens with one attached hydrogen (secondary N) is 1. The second kappa shape index (κ2) is 7.37. The molecule has 1 aromatic carbocycles. The van der Waals surface area contributed by atoms with Crippen molar-refractivity contribution in [3.63, 3.8) is 0 Å². The number of thioether (sulfide) groups is 1. The van der Waals surface area contributed by atoms with Crippen molar-refractivity contribution in [3.8, 4) is 0 Å². The van der Waals surface area contributed by atoms with Crippen LogP contribution in [0.1, 0.15) is 34.9 Å². The Morgan fingerprint density at radius 2 is 2.11 bits per heavy atom. The molecule has 3 aromatic rings. The molecule has 1 atom stereocenters. The lowest BCUT2D eigenvalue weighted by Gasteiger charge is -2.15. The zero-order valence-electron chi connectivity index (χ0n) is 16.5. The number of anilines is 1. The van der Waals surface area contributed by atoms with E-state index in [1.54, 1.807) is 23.0 Å². The highest BCUT2D eigenvalue weighted by atomic mass is 32.2.